The summed E-state index contributed by atoms with van der Waals surface area (Å²) < 4.78 is 16.9. The molecule has 0 heterocycles. The lowest BCUT2D eigenvalue weighted by atomic mass is 9.84. The summed E-state index contributed by atoms with van der Waals surface area (Å²) in [5.41, 5.74) is 2.70. The van der Waals surface area contributed by atoms with Crippen LogP contribution in [0.1, 0.15) is 200 Å². The molecule has 0 aromatic carbocycles. The van der Waals surface area contributed by atoms with Crippen LogP contribution in [-0.2, 0) is 13.9 Å². The van der Waals surface area contributed by atoms with Gasteiger partial charge >= 0.3 is 7.82 Å². The van der Waals surface area contributed by atoms with E-state index < -0.39 is 31.9 Å². The number of nitrogens with two attached hydrogens (primary N) is 1. The second-order valence-corrected chi connectivity index (χ2v) is 14.9. The molecule has 0 aromatic rings. The van der Waals surface area contributed by atoms with Gasteiger partial charge in [-0.25, -0.2) is 4.57 Å². The van der Waals surface area contributed by atoms with Crippen LogP contribution in [-0.4, -0.2) is 62.4 Å². The number of hydrogen-bond acceptors (Lipinski definition) is 7. The molecule has 0 aliphatic carbocycles. The van der Waals surface area contributed by atoms with Crippen LogP contribution >= 0.6 is 7.82 Å². The van der Waals surface area contributed by atoms with Gasteiger partial charge < -0.3 is 30.8 Å². The van der Waals surface area contributed by atoms with Gasteiger partial charge in [-0.2, -0.15) is 0 Å². The average molecular weight is 722 g/mol. The largest absolute Gasteiger partial charge is 0.470 e. The molecule has 0 bridgehead atoms. The highest BCUT2D eigenvalue weighted by molar-refractivity contribution is 7.46. The lowest BCUT2D eigenvalue weighted by Crippen LogP contribution is -2.52. The number of carbonyl (C=O) groups excluding carboxylic acids is 1. The molecule has 9 nitrogen and oxygen atoms in total. The Bertz CT molecular complexity index is 776. The quantitative estimate of drug-likeness (QED) is 0.0209. The van der Waals surface area contributed by atoms with E-state index in [4.69, 9.17) is 15.4 Å². The molecule has 0 saturated heterocycles. The highest BCUT2D eigenvalue weighted by Crippen LogP contribution is 2.45. The van der Waals surface area contributed by atoms with Crippen molar-refractivity contribution < 1.29 is 39.0 Å². The summed E-state index contributed by atoms with van der Waals surface area (Å²) in [5.74, 6) is -0.528. The van der Waals surface area contributed by atoms with Gasteiger partial charge in [0.2, 0.25) is 0 Å². The zero-order valence-corrected chi connectivity index (χ0v) is 32.7. The van der Waals surface area contributed by atoms with E-state index in [1.165, 1.54) is 96.3 Å². The first kappa shape index (κ1) is 50.5. The van der Waals surface area contributed by atoms with Crippen LogP contribution in [0.4, 0.5) is 0 Å². The number of rotatable bonds is 36. The number of carbonyl (C=O) groups is 1. The van der Waals surface area contributed by atoms with Crippen molar-refractivity contribution in [1.29, 1.82) is 0 Å². The molecule has 0 amide bonds. The normalized spacial score (nSPS) is 13.7. The molecule has 0 rings (SSSR count). The molecule has 0 aromatic heterocycles. The van der Waals surface area contributed by atoms with E-state index >= 15 is 0 Å². The number of Topliss-reactive ketones (excluding diaryl/α,β-unsaturated/α-hetero) is 1. The fourth-order valence-corrected chi connectivity index (χ4v) is 6.90. The van der Waals surface area contributed by atoms with Crippen molar-refractivity contribution in [1.82, 2.24) is 0 Å². The van der Waals surface area contributed by atoms with Gasteiger partial charge in [0.25, 0.3) is 0 Å². The molecular weight excluding hydrogens is 641 g/mol. The van der Waals surface area contributed by atoms with Gasteiger partial charge in [0.15, 0.2) is 11.4 Å². The Balaban J connectivity index is 0. The van der Waals surface area contributed by atoms with E-state index in [0.717, 1.165) is 64.2 Å². The van der Waals surface area contributed by atoms with Crippen molar-refractivity contribution in [3.05, 3.63) is 12.2 Å². The Morgan fingerprint density at radius 1 is 0.653 bits per heavy atom. The van der Waals surface area contributed by atoms with Gasteiger partial charge in [-0.05, 0) is 44.9 Å². The molecule has 49 heavy (non-hydrogen) atoms. The van der Waals surface area contributed by atoms with Crippen LogP contribution in [0.5, 0.6) is 0 Å². The zero-order chi connectivity index (χ0) is 36.9. The van der Waals surface area contributed by atoms with Gasteiger partial charge in [-0.15, -0.1) is 0 Å². The molecule has 0 radical (unpaired) electrons. The molecular formula is C39H80NO8P. The Labute approximate surface area is 301 Å². The molecule has 0 saturated carbocycles. The first-order chi connectivity index (χ1) is 23.6. The lowest BCUT2D eigenvalue weighted by Gasteiger charge is -2.35. The third-order valence-corrected chi connectivity index (χ3v) is 9.73. The van der Waals surface area contributed by atoms with Crippen molar-refractivity contribution in [3.8, 4) is 0 Å². The van der Waals surface area contributed by atoms with E-state index in [1.807, 2.05) is 0 Å². The smallest absolute Gasteiger partial charge is 0.395 e. The van der Waals surface area contributed by atoms with Crippen LogP contribution < -0.4 is 5.73 Å². The zero-order valence-electron chi connectivity index (χ0n) is 31.8. The summed E-state index contributed by atoms with van der Waals surface area (Å²) in [7, 11) is -5.07. The number of ketones is 1. The van der Waals surface area contributed by atoms with E-state index in [-0.39, 0.29) is 19.4 Å². The van der Waals surface area contributed by atoms with E-state index in [9.17, 15) is 29.4 Å². The van der Waals surface area contributed by atoms with Gasteiger partial charge in [0, 0.05) is 13.0 Å². The van der Waals surface area contributed by atoms with Crippen molar-refractivity contribution in [2.24, 2.45) is 5.73 Å². The predicted molar refractivity (Wildman–Crippen MR) is 204 cm³/mol. The van der Waals surface area contributed by atoms with Crippen LogP contribution in [0.3, 0.4) is 0 Å². The van der Waals surface area contributed by atoms with E-state index in [1.54, 1.807) is 0 Å². The first-order valence-corrected chi connectivity index (χ1v) is 21.7. The van der Waals surface area contributed by atoms with Crippen molar-refractivity contribution >= 4 is 13.6 Å². The predicted octanol–water partition coefficient (Wildman–Crippen LogP) is 9.60. The monoisotopic (exact) mass is 722 g/mol. The Kier molecular flexibility index (Phi) is 38.2. The first-order valence-electron chi connectivity index (χ1n) is 20.2. The number of hydrogen-bond donors (Lipinski definition) is 6. The highest BCUT2D eigenvalue weighted by atomic mass is 31.2. The molecule has 10 heteroatoms. The topological polar surface area (TPSA) is 171 Å². The SMILES string of the molecule is CCCCCCCC/C=C\CCCCCCCC(=O)C(CCCCCCCCCCCCCCCC)(OP(=O)(O)O)C(O)CO.NCCO. The standard InChI is InChI=1S/C37H73O7P.C2H7NO/c1-3-5-7-9-11-13-15-17-19-20-22-24-26-28-30-32-35(39)37(36(40)34-38,44-45(41,42)43)33-31-29-27-25-23-21-18-16-14-12-10-8-6-4-2;3-1-2-4/h17,19,36,38,40H,3-16,18,20-34H2,1-2H3,(H2,41,42,43);4H,1-3H2/b19-17-;. The minimum Gasteiger partial charge on any atom is -0.395 e. The molecule has 2 unspecified atom stereocenters. The number of aliphatic hydroxyl groups is 3. The number of aliphatic hydroxyl groups excluding tert-OH is 3. The molecule has 0 spiro atoms. The lowest BCUT2D eigenvalue weighted by molar-refractivity contribution is -0.153. The van der Waals surface area contributed by atoms with Crippen molar-refractivity contribution in [2.45, 2.75) is 212 Å². The van der Waals surface area contributed by atoms with Gasteiger partial charge in [-0.3, -0.25) is 9.32 Å². The third-order valence-electron chi connectivity index (χ3n) is 9.16. The van der Waals surface area contributed by atoms with E-state index in [0.29, 0.717) is 19.4 Å². The number of unbranched alkanes of at least 4 members (excludes halogenated alkanes) is 24. The van der Waals surface area contributed by atoms with Gasteiger partial charge in [0.1, 0.15) is 6.10 Å². The Morgan fingerprint density at radius 3 is 1.35 bits per heavy atom. The van der Waals surface area contributed by atoms with Crippen molar-refractivity contribution in [3.63, 3.8) is 0 Å². The summed E-state index contributed by atoms with van der Waals surface area (Å²) >= 11 is 0. The summed E-state index contributed by atoms with van der Waals surface area (Å²) in [6.45, 7) is 4.16. The average Bonchev–Trinajstić information content (AvgIpc) is 3.08. The summed E-state index contributed by atoms with van der Waals surface area (Å²) in [6.07, 6.45) is 33.9. The summed E-state index contributed by atoms with van der Waals surface area (Å²) in [6, 6.07) is 0. The van der Waals surface area contributed by atoms with Crippen LogP contribution in [0.15, 0.2) is 12.2 Å². The second kappa shape index (κ2) is 37.1. The second-order valence-electron chi connectivity index (χ2n) is 13.8. The number of phosphoric ester groups is 1. The summed E-state index contributed by atoms with van der Waals surface area (Å²) in [4.78, 5) is 32.5. The van der Waals surface area contributed by atoms with Crippen LogP contribution in [0.2, 0.25) is 0 Å². The maximum absolute atomic E-state index is 13.3. The highest BCUT2D eigenvalue weighted by Gasteiger charge is 2.49. The molecule has 294 valence electrons. The van der Waals surface area contributed by atoms with E-state index in [2.05, 4.69) is 26.0 Å². The Hall–Kier alpha value is -0.640. The van der Waals surface area contributed by atoms with Gasteiger partial charge in [-0.1, -0.05) is 161 Å². The molecule has 0 aliphatic rings. The number of allylic oxidation sites excluding steroid dienone is 2. The molecule has 0 aliphatic heterocycles. The minimum atomic E-state index is -5.07. The van der Waals surface area contributed by atoms with Crippen LogP contribution in [0, 0.1) is 0 Å². The fourth-order valence-electron chi connectivity index (χ4n) is 6.16. The van der Waals surface area contributed by atoms with Crippen molar-refractivity contribution in [2.75, 3.05) is 19.8 Å². The fraction of sp³-hybridized carbons (Fsp3) is 0.923. The molecule has 2 atom stereocenters. The molecule has 0 fully saturated rings. The number of phosphoric acid groups is 1. The van der Waals surface area contributed by atoms with Crippen LogP contribution in [0.25, 0.3) is 0 Å². The minimum absolute atomic E-state index is 0.0121. The van der Waals surface area contributed by atoms with Gasteiger partial charge in [0.05, 0.1) is 13.2 Å². The maximum atomic E-state index is 13.3. The third kappa shape index (κ3) is 33.0. The maximum Gasteiger partial charge on any atom is 0.470 e. The molecule has 7 N–H and O–H groups in total. The Morgan fingerprint density at radius 2 is 1.00 bits per heavy atom. The summed E-state index contributed by atoms with van der Waals surface area (Å²) in [5, 5.41) is 28.0.